The maximum atomic E-state index is 5.36. The summed E-state index contributed by atoms with van der Waals surface area (Å²) in [5.41, 5.74) is 2.34. The smallest absolute Gasteiger partial charge is 0.237 e. The lowest BCUT2D eigenvalue weighted by Crippen LogP contribution is -2.19. The van der Waals surface area contributed by atoms with Crippen molar-refractivity contribution in [3.05, 3.63) is 53.2 Å². The van der Waals surface area contributed by atoms with Crippen LogP contribution in [0.25, 0.3) is 4.96 Å². The number of hydrogen-bond donors (Lipinski definition) is 1. The summed E-state index contributed by atoms with van der Waals surface area (Å²) in [5.74, 6) is 0.699. The third-order valence-electron chi connectivity index (χ3n) is 3.39. The molecule has 0 spiro atoms. The normalized spacial score (nSPS) is 12.7. The number of hydrogen-bond acceptors (Lipinski definition) is 4. The van der Waals surface area contributed by atoms with E-state index in [0.717, 1.165) is 17.2 Å². The van der Waals surface area contributed by atoms with E-state index in [0.29, 0.717) is 5.88 Å². The van der Waals surface area contributed by atoms with Crippen LogP contribution < -0.4 is 10.1 Å². The lowest BCUT2D eigenvalue weighted by atomic mass is 10.1. The summed E-state index contributed by atoms with van der Waals surface area (Å²) in [6.45, 7) is 2.88. The lowest BCUT2D eigenvalue weighted by molar-refractivity contribution is 0.391. The molecular formula is C15H17N3OS. The first-order chi connectivity index (χ1) is 9.79. The van der Waals surface area contributed by atoms with Gasteiger partial charge in [0.25, 0.3) is 0 Å². The molecule has 0 fully saturated rings. The van der Waals surface area contributed by atoms with Crippen LogP contribution in [-0.2, 0) is 6.54 Å². The summed E-state index contributed by atoms with van der Waals surface area (Å²) in [5, 5.41) is 5.56. The SMILES string of the molecule is COc1nc2sccn2c1CN[C@H](C)c1ccccc1. The molecule has 1 aromatic carbocycles. The highest BCUT2D eigenvalue weighted by Crippen LogP contribution is 2.23. The molecule has 1 atom stereocenters. The van der Waals surface area contributed by atoms with Crippen molar-refractivity contribution in [2.24, 2.45) is 0 Å². The maximum absolute atomic E-state index is 5.36. The van der Waals surface area contributed by atoms with Gasteiger partial charge in [-0.1, -0.05) is 30.3 Å². The predicted molar refractivity (Wildman–Crippen MR) is 81.3 cm³/mol. The van der Waals surface area contributed by atoms with Crippen LogP contribution in [0.2, 0.25) is 0 Å². The van der Waals surface area contributed by atoms with E-state index in [-0.39, 0.29) is 6.04 Å². The van der Waals surface area contributed by atoms with E-state index in [1.165, 1.54) is 5.56 Å². The summed E-state index contributed by atoms with van der Waals surface area (Å²) >= 11 is 1.61. The Morgan fingerprint density at radius 2 is 2.15 bits per heavy atom. The van der Waals surface area contributed by atoms with E-state index in [1.807, 2.05) is 17.6 Å². The molecule has 0 aliphatic rings. The fraction of sp³-hybridized carbons (Fsp3) is 0.267. The van der Waals surface area contributed by atoms with Gasteiger partial charge in [0.2, 0.25) is 5.88 Å². The zero-order valence-corrected chi connectivity index (χ0v) is 12.4. The Hall–Kier alpha value is -1.85. The minimum absolute atomic E-state index is 0.282. The van der Waals surface area contributed by atoms with Crippen molar-refractivity contribution < 1.29 is 4.74 Å². The molecule has 1 N–H and O–H groups in total. The highest BCUT2D eigenvalue weighted by Gasteiger charge is 2.14. The van der Waals surface area contributed by atoms with Gasteiger partial charge in [-0.3, -0.25) is 4.40 Å². The van der Waals surface area contributed by atoms with Crippen molar-refractivity contribution in [3.63, 3.8) is 0 Å². The summed E-state index contributed by atoms with van der Waals surface area (Å²) in [4.78, 5) is 5.43. The van der Waals surface area contributed by atoms with E-state index in [9.17, 15) is 0 Å². The Labute approximate surface area is 122 Å². The average molecular weight is 287 g/mol. The fourth-order valence-electron chi connectivity index (χ4n) is 2.25. The number of thiazole rings is 1. The van der Waals surface area contributed by atoms with Crippen molar-refractivity contribution in [3.8, 4) is 5.88 Å². The van der Waals surface area contributed by atoms with Crippen LogP contribution in [0.5, 0.6) is 5.88 Å². The van der Waals surface area contributed by atoms with Gasteiger partial charge in [-0.15, -0.1) is 11.3 Å². The number of fused-ring (bicyclic) bond motifs is 1. The number of nitrogens with zero attached hydrogens (tertiary/aromatic N) is 2. The number of benzene rings is 1. The first kappa shape index (κ1) is 13.1. The molecule has 0 saturated heterocycles. The quantitative estimate of drug-likeness (QED) is 0.783. The minimum atomic E-state index is 0.282. The van der Waals surface area contributed by atoms with Gasteiger partial charge in [0, 0.05) is 24.2 Å². The second-order valence-electron chi connectivity index (χ2n) is 4.64. The summed E-state index contributed by atoms with van der Waals surface area (Å²) < 4.78 is 7.44. The Balaban J connectivity index is 1.78. The largest absolute Gasteiger partial charge is 0.480 e. The molecular weight excluding hydrogens is 270 g/mol. The Morgan fingerprint density at radius 1 is 1.35 bits per heavy atom. The van der Waals surface area contributed by atoms with Crippen molar-refractivity contribution in [1.82, 2.24) is 14.7 Å². The molecule has 3 rings (SSSR count). The van der Waals surface area contributed by atoms with Crippen LogP contribution in [0, 0.1) is 0 Å². The second-order valence-corrected chi connectivity index (χ2v) is 5.51. The third-order valence-corrected chi connectivity index (χ3v) is 4.15. The van der Waals surface area contributed by atoms with Crippen LogP contribution in [0.4, 0.5) is 0 Å². The first-order valence-corrected chi connectivity index (χ1v) is 7.44. The topological polar surface area (TPSA) is 38.6 Å². The van der Waals surface area contributed by atoms with Gasteiger partial charge in [-0.05, 0) is 12.5 Å². The zero-order valence-electron chi connectivity index (χ0n) is 11.5. The number of rotatable bonds is 5. The molecule has 5 heteroatoms. The predicted octanol–water partition coefficient (Wildman–Crippen LogP) is 3.26. The standard InChI is InChI=1S/C15H17N3OS/c1-11(12-6-4-3-5-7-12)16-10-13-14(19-2)17-15-18(13)8-9-20-15/h3-9,11,16H,10H2,1-2H3/t11-/m1/s1. The molecule has 0 amide bonds. The number of ether oxygens (including phenoxy) is 1. The number of nitrogens with one attached hydrogen (secondary N) is 1. The fourth-order valence-corrected chi connectivity index (χ4v) is 2.97. The number of aromatic nitrogens is 2. The van der Waals surface area contributed by atoms with Gasteiger partial charge in [-0.25, -0.2) is 0 Å². The Bertz CT molecular complexity index is 690. The van der Waals surface area contributed by atoms with Crippen LogP contribution in [0.3, 0.4) is 0 Å². The van der Waals surface area contributed by atoms with Gasteiger partial charge >= 0.3 is 0 Å². The lowest BCUT2D eigenvalue weighted by Gasteiger charge is -2.14. The van der Waals surface area contributed by atoms with E-state index in [2.05, 4.69) is 45.9 Å². The number of methoxy groups -OCH3 is 1. The van der Waals surface area contributed by atoms with Gasteiger partial charge in [0.15, 0.2) is 4.96 Å². The van der Waals surface area contributed by atoms with Crippen molar-refractivity contribution in [2.45, 2.75) is 19.5 Å². The van der Waals surface area contributed by atoms with E-state index < -0.39 is 0 Å². The molecule has 0 radical (unpaired) electrons. The molecule has 0 unspecified atom stereocenters. The first-order valence-electron chi connectivity index (χ1n) is 6.56. The van der Waals surface area contributed by atoms with Crippen LogP contribution >= 0.6 is 11.3 Å². The summed E-state index contributed by atoms with van der Waals surface area (Å²) in [7, 11) is 1.66. The van der Waals surface area contributed by atoms with Crippen molar-refractivity contribution in [1.29, 1.82) is 0 Å². The van der Waals surface area contributed by atoms with E-state index in [4.69, 9.17) is 4.74 Å². The molecule has 2 aromatic heterocycles. The molecule has 2 heterocycles. The molecule has 20 heavy (non-hydrogen) atoms. The van der Waals surface area contributed by atoms with Gasteiger partial charge in [-0.2, -0.15) is 4.98 Å². The molecule has 4 nitrogen and oxygen atoms in total. The zero-order chi connectivity index (χ0) is 13.9. The molecule has 0 aliphatic carbocycles. The van der Waals surface area contributed by atoms with Crippen molar-refractivity contribution in [2.75, 3.05) is 7.11 Å². The average Bonchev–Trinajstić information content (AvgIpc) is 3.06. The van der Waals surface area contributed by atoms with E-state index >= 15 is 0 Å². The van der Waals surface area contributed by atoms with E-state index in [1.54, 1.807) is 18.4 Å². The summed E-state index contributed by atoms with van der Waals surface area (Å²) in [6, 6.07) is 10.7. The highest BCUT2D eigenvalue weighted by molar-refractivity contribution is 7.15. The van der Waals surface area contributed by atoms with Gasteiger partial charge in [0.05, 0.1) is 7.11 Å². The molecule has 3 aromatic rings. The number of imidazole rings is 1. The third kappa shape index (κ3) is 2.42. The molecule has 0 aliphatic heterocycles. The van der Waals surface area contributed by atoms with Gasteiger partial charge in [0.1, 0.15) is 5.69 Å². The highest BCUT2D eigenvalue weighted by atomic mass is 32.1. The van der Waals surface area contributed by atoms with Crippen LogP contribution in [0.15, 0.2) is 41.9 Å². The summed E-state index contributed by atoms with van der Waals surface area (Å²) in [6.07, 6.45) is 2.03. The van der Waals surface area contributed by atoms with Gasteiger partial charge < -0.3 is 10.1 Å². The van der Waals surface area contributed by atoms with Crippen LogP contribution in [0.1, 0.15) is 24.2 Å². The molecule has 0 saturated carbocycles. The van der Waals surface area contributed by atoms with Crippen molar-refractivity contribution >= 4 is 16.3 Å². The monoisotopic (exact) mass is 287 g/mol. The second kappa shape index (κ2) is 5.64. The Morgan fingerprint density at radius 3 is 2.90 bits per heavy atom. The minimum Gasteiger partial charge on any atom is -0.480 e. The molecule has 104 valence electrons. The molecule has 0 bridgehead atoms. The van der Waals surface area contributed by atoms with Crippen LogP contribution in [-0.4, -0.2) is 16.5 Å². The Kier molecular flexibility index (Phi) is 3.71. The maximum Gasteiger partial charge on any atom is 0.237 e.